The van der Waals surface area contributed by atoms with Gasteiger partial charge >= 0.3 is 0 Å². The largest absolute Gasteiger partial charge is 0.493 e. The average Bonchev–Trinajstić information content (AvgIpc) is 2.21. The van der Waals surface area contributed by atoms with E-state index >= 15 is 0 Å². The van der Waals surface area contributed by atoms with Crippen molar-refractivity contribution in [2.24, 2.45) is 0 Å². The fraction of sp³-hybridized carbons (Fsp3) is 0.462. The minimum absolute atomic E-state index is 0.163. The number of Topliss-reactive ketones (excluding diaryl/α,β-unsaturated/α-hetero) is 1. The number of hydrogen-bond donors (Lipinski definition) is 0. The van der Waals surface area contributed by atoms with Gasteiger partial charge in [0.15, 0.2) is 0 Å². The fourth-order valence-corrected chi connectivity index (χ4v) is 1.85. The van der Waals surface area contributed by atoms with Gasteiger partial charge in [-0.05, 0) is 68.0 Å². The van der Waals surface area contributed by atoms with Crippen LogP contribution in [0, 0.1) is 3.57 Å². The number of rotatable bonds is 4. The second kappa shape index (κ2) is 5.17. The molecule has 0 unspecified atom stereocenters. The molecule has 0 spiro atoms. The minimum atomic E-state index is -0.448. The highest BCUT2D eigenvalue weighted by molar-refractivity contribution is 14.1. The molecule has 88 valence electrons. The molecule has 0 aliphatic rings. The summed E-state index contributed by atoms with van der Waals surface area (Å²) in [5.74, 6) is 1.02. The van der Waals surface area contributed by atoms with Crippen LogP contribution in [0.3, 0.4) is 0 Å². The molecule has 1 rings (SSSR count). The molecule has 2 nitrogen and oxygen atoms in total. The fourth-order valence-electron chi connectivity index (χ4n) is 1.36. The highest BCUT2D eigenvalue weighted by atomic mass is 127. The van der Waals surface area contributed by atoms with Crippen LogP contribution in [0.4, 0.5) is 0 Å². The van der Waals surface area contributed by atoms with E-state index in [0.29, 0.717) is 6.61 Å². The lowest BCUT2D eigenvalue weighted by Gasteiger charge is -2.22. The van der Waals surface area contributed by atoms with Gasteiger partial charge in [-0.2, -0.15) is 0 Å². The maximum absolute atomic E-state index is 11.6. The van der Waals surface area contributed by atoms with E-state index in [4.69, 9.17) is 4.74 Å². The predicted molar refractivity (Wildman–Crippen MR) is 74.0 cm³/mol. The molecule has 0 aliphatic heterocycles. The summed E-state index contributed by atoms with van der Waals surface area (Å²) in [6, 6.07) is 5.95. The van der Waals surface area contributed by atoms with Gasteiger partial charge in [-0.15, -0.1) is 0 Å². The number of carbonyl (C=O) groups is 1. The Labute approximate surface area is 111 Å². The smallest absolute Gasteiger partial charge is 0.139 e. The van der Waals surface area contributed by atoms with Gasteiger partial charge in [-0.25, -0.2) is 0 Å². The number of carbonyl (C=O) groups excluding carboxylic acids is 1. The third-order valence-electron chi connectivity index (χ3n) is 2.83. The van der Waals surface area contributed by atoms with Crippen molar-refractivity contribution in [2.75, 3.05) is 6.61 Å². The molecule has 0 aromatic heterocycles. The van der Waals surface area contributed by atoms with Crippen LogP contribution in [-0.2, 0) is 10.2 Å². The van der Waals surface area contributed by atoms with Crippen LogP contribution in [0.5, 0.6) is 5.75 Å². The summed E-state index contributed by atoms with van der Waals surface area (Å²) in [6.07, 6.45) is 0. The minimum Gasteiger partial charge on any atom is -0.493 e. The Kier molecular flexibility index (Phi) is 4.35. The predicted octanol–water partition coefficient (Wildman–Crippen LogP) is 3.56. The van der Waals surface area contributed by atoms with E-state index in [9.17, 15) is 4.79 Å². The molecule has 0 aliphatic carbocycles. The molecule has 0 amide bonds. The number of ether oxygens (including phenoxy) is 1. The van der Waals surface area contributed by atoms with Crippen molar-refractivity contribution in [3.05, 3.63) is 27.3 Å². The maximum atomic E-state index is 11.6. The Bertz CT molecular complexity index is 397. The highest BCUT2D eigenvalue weighted by Crippen LogP contribution is 2.30. The van der Waals surface area contributed by atoms with Crippen LogP contribution in [-0.4, -0.2) is 12.4 Å². The molecular formula is C13H17IO2. The number of halogens is 1. The van der Waals surface area contributed by atoms with Crippen molar-refractivity contribution in [3.63, 3.8) is 0 Å². The molecule has 0 fully saturated rings. The summed E-state index contributed by atoms with van der Waals surface area (Å²) < 4.78 is 6.61. The zero-order valence-electron chi connectivity index (χ0n) is 10.1. The molecule has 0 saturated heterocycles. The topological polar surface area (TPSA) is 26.3 Å². The van der Waals surface area contributed by atoms with E-state index in [2.05, 4.69) is 22.6 Å². The second-order valence-corrected chi connectivity index (χ2v) is 5.42. The van der Waals surface area contributed by atoms with Gasteiger partial charge in [0.25, 0.3) is 0 Å². The number of benzene rings is 1. The highest BCUT2D eigenvalue weighted by Gasteiger charge is 2.26. The van der Waals surface area contributed by atoms with Gasteiger partial charge in [-0.1, -0.05) is 6.07 Å². The number of ketones is 1. The summed E-state index contributed by atoms with van der Waals surface area (Å²) in [6.45, 7) is 8.09. The van der Waals surface area contributed by atoms with Crippen molar-refractivity contribution in [1.29, 1.82) is 0 Å². The van der Waals surface area contributed by atoms with Crippen LogP contribution in [0.2, 0.25) is 0 Å². The first kappa shape index (κ1) is 13.5. The van der Waals surface area contributed by atoms with E-state index in [1.807, 2.05) is 39.0 Å². The first-order chi connectivity index (χ1) is 7.39. The van der Waals surface area contributed by atoms with E-state index in [0.717, 1.165) is 14.9 Å². The van der Waals surface area contributed by atoms with Crippen LogP contribution < -0.4 is 4.74 Å². The second-order valence-electron chi connectivity index (χ2n) is 4.26. The van der Waals surface area contributed by atoms with Gasteiger partial charge in [0.1, 0.15) is 11.5 Å². The summed E-state index contributed by atoms with van der Waals surface area (Å²) >= 11 is 2.24. The molecule has 3 heteroatoms. The Morgan fingerprint density at radius 1 is 1.44 bits per heavy atom. The average molecular weight is 332 g/mol. The third-order valence-corrected chi connectivity index (χ3v) is 3.72. The molecule has 0 heterocycles. The molecule has 16 heavy (non-hydrogen) atoms. The van der Waals surface area contributed by atoms with Gasteiger partial charge in [0.05, 0.1) is 10.2 Å². The molecule has 0 saturated carbocycles. The van der Waals surface area contributed by atoms with Crippen LogP contribution >= 0.6 is 22.6 Å². The van der Waals surface area contributed by atoms with Crippen LogP contribution in [0.1, 0.15) is 33.3 Å². The summed E-state index contributed by atoms with van der Waals surface area (Å²) in [7, 11) is 0. The van der Waals surface area contributed by atoms with Crippen molar-refractivity contribution in [2.45, 2.75) is 33.1 Å². The maximum Gasteiger partial charge on any atom is 0.139 e. The Hall–Kier alpha value is -0.580. The zero-order chi connectivity index (χ0) is 12.3. The molecule has 0 atom stereocenters. The first-order valence-electron chi connectivity index (χ1n) is 5.33. The van der Waals surface area contributed by atoms with Gasteiger partial charge in [0, 0.05) is 5.41 Å². The van der Waals surface area contributed by atoms with Crippen LogP contribution in [0.15, 0.2) is 18.2 Å². The normalized spacial score (nSPS) is 11.3. The molecule has 0 radical (unpaired) electrons. The summed E-state index contributed by atoms with van der Waals surface area (Å²) in [4.78, 5) is 11.6. The molecule has 1 aromatic carbocycles. The van der Waals surface area contributed by atoms with E-state index in [1.165, 1.54) is 0 Å². The van der Waals surface area contributed by atoms with E-state index < -0.39 is 5.41 Å². The van der Waals surface area contributed by atoms with Crippen molar-refractivity contribution < 1.29 is 9.53 Å². The summed E-state index contributed by atoms with van der Waals surface area (Å²) in [5, 5.41) is 0. The van der Waals surface area contributed by atoms with Crippen molar-refractivity contribution >= 4 is 28.4 Å². The van der Waals surface area contributed by atoms with E-state index in [1.54, 1.807) is 6.92 Å². The standard InChI is InChI=1S/C13H17IO2/c1-5-16-12-8-10(6-7-11(12)14)13(3,4)9(2)15/h6-8H,5H2,1-4H3. The lowest BCUT2D eigenvalue weighted by molar-refractivity contribution is -0.121. The Balaban J connectivity index is 3.17. The SMILES string of the molecule is CCOc1cc(C(C)(C)C(C)=O)ccc1I. The monoisotopic (exact) mass is 332 g/mol. The van der Waals surface area contributed by atoms with Gasteiger partial charge in [0.2, 0.25) is 0 Å². The van der Waals surface area contributed by atoms with E-state index in [-0.39, 0.29) is 5.78 Å². The Morgan fingerprint density at radius 2 is 2.06 bits per heavy atom. The molecule has 0 bridgehead atoms. The number of hydrogen-bond acceptors (Lipinski definition) is 2. The summed E-state index contributed by atoms with van der Waals surface area (Å²) in [5.41, 5.74) is 0.555. The lowest BCUT2D eigenvalue weighted by Crippen LogP contribution is -2.26. The quantitative estimate of drug-likeness (QED) is 0.788. The van der Waals surface area contributed by atoms with Crippen LogP contribution in [0.25, 0.3) is 0 Å². The first-order valence-corrected chi connectivity index (χ1v) is 6.41. The van der Waals surface area contributed by atoms with Gasteiger partial charge < -0.3 is 4.74 Å². The molecule has 0 N–H and O–H groups in total. The lowest BCUT2D eigenvalue weighted by atomic mass is 9.81. The van der Waals surface area contributed by atoms with Gasteiger partial charge in [-0.3, -0.25) is 4.79 Å². The molecular weight excluding hydrogens is 315 g/mol. The molecule has 1 aromatic rings. The van der Waals surface area contributed by atoms with Crippen molar-refractivity contribution in [1.82, 2.24) is 0 Å². The zero-order valence-corrected chi connectivity index (χ0v) is 12.3. The Morgan fingerprint density at radius 3 is 2.56 bits per heavy atom. The third kappa shape index (κ3) is 2.75. The van der Waals surface area contributed by atoms with Crippen molar-refractivity contribution in [3.8, 4) is 5.75 Å².